The van der Waals surface area contributed by atoms with Crippen LogP contribution >= 0.6 is 0 Å². The largest absolute Gasteiger partial charge is 0.405 e. The molecule has 1 aliphatic rings. The highest BCUT2D eigenvalue weighted by atomic mass is 14.5. The van der Waals surface area contributed by atoms with E-state index >= 15 is 0 Å². The number of rotatable bonds is 4. The first kappa shape index (κ1) is 18.0. The van der Waals surface area contributed by atoms with Crippen LogP contribution < -0.4 is 5.73 Å². The molecule has 2 N–H and O–H groups in total. The van der Waals surface area contributed by atoms with Crippen molar-refractivity contribution in [3.63, 3.8) is 0 Å². The summed E-state index contributed by atoms with van der Waals surface area (Å²) >= 11 is 0. The maximum Gasteiger partial charge on any atom is 0.00456 e. The molecule has 0 amide bonds. The molecule has 0 heterocycles. The van der Waals surface area contributed by atoms with Gasteiger partial charge in [-0.2, -0.15) is 0 Å². The molecule has 118 valence electrons. The molecule has 2 unspecified atom stereocenters. The van der Waals surface area contributed by atoms with Crippen LogP contribution in [-0.4, -0.2) is 0 Å². The first-order valence-corrected chi connectivity index (χ1v) is 8.01. The summed E-state index contributed by atoms with van der Waals surface area (Å²) in [6, 6.07) is 10.3. The molecule has 0 saturated heterocycles. The summed E-state index contributed by atoms with van der Waals surface area (Å²) in [5, 5.41) is 0. The van der Waals surface area contributed by atoms with Gasteiger partial charge in [-0.25, -0.2) is 0 Å². The Morgan fingerprint density at radius 3 is 2.32 bits per heavy atom. The summed E-state index contributed by atoms with van der Waals surface area (Å²) in [7, 11) is 0. The van der Waals surface area contributed by atoms with Gasteiger partial charge in [0.1, 0.15) is 0 Å². The summed E-state index contributed by atoms with van der Waals surface area (Å²) in [6.07, 6.45) is 13.5. The van der Waals surface area contributed by atoms with Crippen molar-refractivity contribution in [2.45, 2.75) is 34.1 Å². The molecular formula is C21H29N. The van der Waals surface area contributed by atoms with Gasteiger partial charge in [0.15, 0.2) is 0 Å². The quantitative estimate of drug-likeness (QED) is 0.723. The fraction of sp³-hybridized carbons (Fsp3) is 0.333. The lowest BCUT2D eigenvalue weighted by atomic mass is 9.81. The van der Waals surface area contributed by atoms with Gasteiger partial charge in [0.25, 0.3) is 0 Å². The van der Waals surface area contributed by atoms with E-state index in [1.165, 1.54) is 23.1 Å². The van der Waals surface area contributed by atoms with Gasteiger partial charge in [0, 0.05) is 5.92 Å². The number of hydrogen-bond donors (Lipinski definition) is 1. The van der Waals surface area contributed by atoms with E-state index in [4.69, 9.17) is 5.73 Å². The smallest absolute Gasteiger partial charge is 0.00456 e. The van der Waals surface area contributed by atoms with Gasteiger partial charge in [0.2, 0.25) is 0 Å². The van der Waals surface area contributed by atoms with Gasteiger partial charge >= 0.3 is 0 Å². The Kier molecular flexibility index (Phi) is 8.06. The van der Waals surface area contributed by atoms with E-state index in [1.807, 2.05) is 24.3 Å². The van der Waals surface area contributed by atoms with Crippen LogP contribution in [0, 0.1) is 18.8 Å². The summed E-state index contributed by atoms with van der Waals surface area (Å²) in [5.41, 5.74) is 9.54. The van der Waals surface area contributed by atoms with Crippen molar-refractivity contribution in [2.75, 3.05) is 0 Å². The molecule has 22 heavy (non-hydrogen) atoms. The van der Waals surface area contributed by atoms with Crippen LogP contribution in [-0.2, 0) is 0 Å². The predicted molar refractivity (Wildman–Crippen MR) is 98.4 cm³/mol. The lowest BCUT2D eigenvalue weighted by molar-refractivity contribution is 0.495. The highest BCUT2D eigenvalue weighted by Crippen LogP contribution is 2.33. The first-order chi connectivity index (χ1) is 10.6. The summed E-state index contributed by atoms with van der Waals surface area (Å²) in [5.74, 6) is 1.19. The number of nitrogens with two attached hydrogens (primary N) is 1. The normalized spacial score (nSPS) is 18.8. The molecule has 1 aromatic rings. The van der Waals surface area contributed by atoms with Crippen LogP contribution in [0.4, 0.5) is 0 Å². The third kappa shape index (κ3) is 5.77. The van der Waals surface area contributed by atoms with Crippen molar-refractivity contribution in [3.8, 4) is 0 Å². The van der Waals surface area contributed by atoms with E-state index in [0.29, 0.717) is 11.8 Å². The van der Waals surface area contributed by atoms with E-state index in [0.717, 1.165) is 0 Å². The maximum atomic E-state index is 5.35. The molecule has 2 rings (SSSR count). The van der Waals surface area contributed by atoms with Gasteiger partial charge in [-0.15, -0.1) is 0 Å². The average Bonchev–Trinajstić information content (AvgIpc) is 2.93. The predicted octanol–water partition coefficient (Wildman–Crippen LogP) is 5.56. The molecule has 1 nitrogen and oxygen atoms in total. The van der Waals surface area contributed by atoms with Crippen molar-refractivity contribution >= 4 is 0 Å². The molecule has 0 radical (unpaired) electrons. The SMILES string of the molecule is CCC(/C(C)=C\C=C/N)C1C=CC=C1C.Cc1ccccc1. The van der Waals surface area contributed by atoms with Crippen LogP contribution in [0.3, 0.4) is 0 Å². The number of benzene rings is 1. The third-order valence-electron chi connectivity index (χ3n) is 4.07. The minimum atomic E-state index is 0.581. The van der Waals surface area contributed by atoms with E-state index in [2.05, 4.69) is 64.1 Å². The molecule has 0 spiro atoms. The topological polar surface area (TPSA) is 26.0 Å². The van der Waals surface area contributed by atoms with Gasteiger partial charge in [-0.3, -0.25) is 0 Å². The van der Waals surface area contributed by atoms with Gasteiger partial charge < -0.3 is 5.73 Å². The van der Waals surface area contributed by atoms with E-state index < -0.39 is 0 Å². The Hall–Kier alpha value is -2.02. The second-order valence-electron chi connectivity index (χ2n) is 5.79. The lowest BCUT2D eigenvalue weighted by Gasteiger charge is -2.23. The Morgan fingerprint density at radius 2 is 1.91 bits per heavy atom. The highest BCUT2D eigenvalue weighted by Gasteiger charge is 2.21. The number of allylic oxidation sites excluding steroid dienone is 7. The standard InChI is InChI=1S/C14H21N.C7H8/c1-4-13(11(2)8-6-10-15)14-9-5-7-12(14)3;1-7-5-3-2-4-6-7/h5-10,13-14H,4,15H2,1-3H3;2-6H,1H3/b10-6-,11-8-;. The van der Waals surface area contributed by atoms with Crippen molar-refractivity contribution in [2.24, 2.45) is 17.6 Å². The summed E-state index contributed by atoms with van der Waals surface area (Å²) in [4.78, 5) is 0. The number of hydrogen-bond acceptors (Lipinski definition) is 1. The number of aryl methyl sites for hydroxylation is 1. The average molecular weight is 295 g/mol. The lowest BCUT2D eigenvalue weighted by Crippen LogP contribution is -2.13. The van der Waals surface area contributed by atoms with Crippen LogP contribution in [0.2, 0.25) is 0 Å². The second kappa shape index (κ2) is 9.83. The van der Waals surface area contributed by atoms with Crippen LogP contribution in [0.15, 0.2) is 78.1 Å². The van der Waals surface area contributed by atoms with E-state index in [1.54, 1.807) is 6.20 Å². The highest BCUT2D eigenvalue weighted by molar-refractivity contribution is 5.30. The van der Waals surface area contributed by atoms with Gasteiger partial charge in [-0.1, -0.05) is 78.3 Å². The van der Waals surface area contributed by atoms with Crippen molar-refractivity contribution < 1.29 is 0 Å². The molecule has 1 aliphatic carbocycles. The summed E-state index contributed by atoms with van der Waals surface area (Å²) in [6.45, 7) is 8.72. The maximum absolute atomic E-state index is 5.35. The molecule has 1 heteroatoms. The minimum Gasteiger partial charge on any atom is -0.405 e. The third-order valence-corrected chi connectivity index (χ3v) is 4.07. The fourth-order valence-corrected chi connectivity index (χ4v) is 2.77. The first-order valence-electron chi connectivity index (χ1n) is 8.01. The molecule has 0 aromatic heterocycles. The van der Waals surface area contributed by atoms with E-state index in [-0.39, 0.29) is 0 Å². The zero-order chi connectivity index (χ0) is 16.4. The van der Waals surface area contributed by atoms with Crippen LogP contribution in [0.25, 0.3) is 0 Å². The molecule has 2 atom stereocenters. The monoisotopic (exact) mass is 295 g/mol. The Labute approximate surface area is 135 Å². The Balaban J connectivity index is 0.000000287. The van der Waals surface area contributed by atoms with Crippen molar-refractivity contribution in [3.05, 3.63) is 83.6 Å². The zero-order valence-electron chi connectivity index (χ0n) is 14.3. The molecular weight excluding hydrogens is 266 g/mol. The molecule has 0 fully saturated rings. The van der Waals surface area contributed by atoms with Crippen molar-refractivity contribution in [1.82, 2.24) is 0 Å². The molecule has 1 aromatic carbocycles. The molecule has 0 bridgehead atoms. The van der Waals surface area contributed by atoms with Crippen LogP contribution in [0.1, 0.15) is 32.8 Å². The Bertz CT molecular complexity index is 547. The second-order valence-corrected chi connectivity index (χ2v) is 5.79. The van der Waals surface area contributed by atoms with Gasteiger partial charge in [-0.05, 0) is 45.4 Å². The van der Waals surface area contributed by atoms with Gasteiger partial charge in [0.05, 0.1) is 0 Å². The summed E-state index contributed by atoms with van der Waals surface area (Å²) < 4.78 is 0. The zero-order valence-corrected chi connectivity index (χ0v) is 14.3. The van der Waals surface area contributed by atoms with E-state index in [9.17, 15) is 0 Å². The fourth-order valence-electron chi connectivity index (χ4n) is 2.77. The minimum absolute atomic E-state index is 0.581. The van der Waals surface area contributed by atoms with Crippen LogP contribution in [0.5, 0.6) is 0 Å². The van der Waals surface area contributed by atoms with Crippen molar-refractivity contribution in [1.29, 1.82) is 0 Å². The molecule has 0 saturated carbocycles. The molecule has 0 aliphatic heterocycles. The Morgan fingerprint density at radius 1 is 1.23 bits per heavy atom.